The summed E-state index contributed by atoms with van der Waals surface area (Å²) in [4.78, 5) is 10.9. The molecule has 0 aliphatic heterocycles. The minimum absolute atomic E-state index is 0.0495. The molecule has 65 valence electrons. The molecule has 11 heavy (non-hydrogen) atoms. The molecule has 0 spiro atoms. The van der Waals surface area contributed by atoms with Gasteiger partial charge in [-0.25, -0.2) is 5.11 Å². The van der Waals surface area contributed by atoms with Gasteiger partial charge in [0.2, 0.25) is 5.91 Å². The van der Waals surface area contributed by atoms with Gasteiger partial charge in [0.05, 0.1) is 6.61 Å². The third-order valence-electron chi connectivity index (χ3n) is 1.25. The first-order chi connectivity index (χ1) is 5.16. The molecule has 0 aliphatic rings. The summed E-state index contributed by atoms with van der Waals surface area (Å²) < 4.78 is 0. The van der Waals surface area contributed by atoms with Crippen molar-refractivity contribution in [2.75, 3.05) is 6.61 Å². The maximum Gasteiger partial charge on any atom is 0.220 e. The number of unbranched alkanes of at least 4 members (excludes halogenated alkanes) is 1. The van der Waals surface area contributed by atoms with Gasteiger partial charge in [0.15, 0.2) is 0 Å². The number of hydrogen-bond donors (Lipinski definition) is 1. The van der Waals surface area contributed by atoms with Crippen LogP contribution in [0.2, 0.25) is 0 Å². The molecule has 0 aliphatic carbocycles. The Bertz CT molecular complexity index is 113. The Hall–Kier alpha value is -0.570. The Morgan fingerprint density at radius 2 is 2.00 bits per heavy atom. The lowest BCUT2D eigenvalue weighted by atomic mass is 10.2. The van der Waals surface area contributed by atoms with Crippen LogP contribution in [-0.4, -0.2) is 18.6 Å². The number of rotatable bonds is 5. The summed E-state index contributed by atoms with van der Waals surface area (Å²) in [7, 11) is 0. The van der Waals surface area contributed by atoms with Gasteiger partial charge >= 0.3 is 0 Å². The number of amides is 1. The lowest BCUT2D eigenvalue weighted by Gasteiger charge is -2.06. The summed E-state index contributed by atoms with van der Waals surface area (Å²) in [5.41, 5.74) is 0. The first-order valence-corrected chi connectivity index (χ1v) is 4.04. The van der Waals surface area contributed by atoms with Crippen molar-refractivity contribution in [3.8, 4) is 0 Å². The zero-order valence-electron chi connectivity index (χ0n) is 7.22. The minimum atomic E-state index is -0.0744. The van der Waals surface area contributed by atoms with Crippen LogP contribution in [0, 0.1) is 0 Å². The molecule has 1 amide bonds. The van der Waals surface area contributed by atoms with Crippen LogP contribution in [0.1, 0.15) is 33.1 Å². The Labute approximate surface area is 67.8 Å². The Balaban J connectivity index is 3.23. The van der Waals surface area contributed by atoms with E-state index in [9.17, 15) is 9.90 Å². The van der Waals surface area contributed by atoms with Crippen LogP contribution in [0.15, 0.2) is 0 Å². The van der Waals surface area contributed by atoms with Crippen molar-refractivity contribution in [2.24, 2.45) is 0 Å². The van der Waals surface area contributed by atoms with Crippen LogP contribution in [0.5, 0.6) is 0 Å². The van der Waals surface area contributed by atoms with E-state index < -0.39 is 0 Å². The summed E-state index contributed by atoms with van der Waals surface area (Å²) in [6.07, 6.45) is 1.80. The molecule has 0 saturated heterocycles. The molecule has 1 radical (unpaired) electrons. The SMILES string of the molecule is CC(C)NC(=O)CCCC[O]. The molecule has 3 nitrogen and oxygen atoms in total. The molecule has 0 aromatic rings. The molecule has 0 atom stereocenters. The molecule has 1 N–H and O–H groups in total. The van der Waals surface area contributed by atoms with Crippen molar-refractivity contribution in [3.63, 3.8) is 0 Å². The van der Waals surface area contributed by atoms with Crippen molar-refractivity contribution >= 4 is 5.91 Å². The largest absolute Gasteiger partial charge is 0.354 e. The number of hydrogen-bond acceptors (Lipinski definition) is 1. The van der Waals surface area contributed by atoms with Gasteiger partial charge in [-0.3, -0.25) is 4.79 Å². The monoisotopic (exact) mass is 158 g/mol. The van der Waals surface area contributed by atoms with E-state index >= 15 is 0 Å². The Morgan fingerprint density at radius 3 is 2.45 bits per heavy atom. The lowest BCUT2D eigenvalue weighted by molar-refractivity contribution is -0.121. The van der Waals surface area contributed by atoms with Crippen molar-refractivity contribution in [2.45, 2.75) is 39.2 Å². The molecule has 0 bridgehead atoms. The highest BCUT2D eigenvalue weighted by atomic mass is 16.2. The predicted molar refractivity (Wildman–Crippen MR) is 42.7 cm³/mol. The number of carbonyl (C=O) groups excluding carboxylic acids is 1. The van der Waals surface area contributed by atoms with E-state index in [1.54, 1.807) is 0 Å². The van der Waals surface area contributed by atoms with Crippen LogP contribution < -0.4 is 5.32 Å². The highest BCUT2D eigenvalue weighted by Crippen LogP contribution is 1.94. The first-order valence-electron chi connectivity index (χ1n) is 4.04. The quantitative estimate of drug-likeness (QED) is 0.599. The highest BCUT2D eigenvalue weighted by Gasteiger charge is 2.01. The van der Waals surface area contributed by atoms with Crippen LogP contribution >= 0.6 is 0 Å². The molecular weight excluding hydrogens is 142 g/mol. The smallest absolute Gasteiger partial charge is 0.220 e. The summed E-state index contributed by atoms with van der Waals surface area (Å²) in [6, 6.07) is 0.203. The molecule has 0 rings (SSSR count). The minimum Gasteiger partial charge on any atom is -0.354 e. The van der Waals surface area contributed by atoms with Gasteiger partial charge in [-0.05, 0) is 26.7 Å². The van der Waals surface area contributed by atoms with Gasteiger partial charge in [-0.1, -0.05) is 0 Å². The second-order valence-electron chi connectivity index (χ2n) is 2.88. The average molecular weight is 158 g/mol. The van der Waals surface area contributed by atoms with E-state index in [0.29, 0.717) is 19.3 Å². The van der Waals surface area contributed by atoms with Gasteiger partial charge in [-0.15, -0.1) is 0 Å². The number of carbonyl (C=O) groups is 1. The predicted octanol–water partition coefficient (Wildman–Crippen LogP) is 1.11. The van der Waals surface area contributed by atoms with E-state index in [0.717, 1.165) is 0 Å². The van der Waals surface area contributed by atoms with E-state index in [2.05, 4.69) is 5.32 Å². The van der Waals surface area contributed by atoms with Gasteiger partial charge in [0.1, 0.15) is 0 Å². The Kier molecular flexibility index (Phi) is 5.84. The average Bonchev–Trinajstić information content (AvgIpc) is 1.86. The fourth-order valence-electron chi connectivity index (χ4n) is 0.782. The summed E-state index contributed by atoms with van der Waals surface area (Å²) in [6.45, 7) is 3.77. The van der Waals surface area contributed by atoms with Gasteiger partial charge in [-0.2, -0.15) is 0 Å². The van der Waals surface area contributed by atoms with Crippen LogP contribution in [0.4, 0.5) is 0 Å². The molecular formula is C8H16NO2. The fraction of sp³-hybridized carbons (Fsp3) is 0.875. The van der Waals surface area contributed by atoms with Gasteiger partial charge in [0.25, 0.3) is 0 Å². The molecule has 0 aromatic carbocycles. The molecule has 0 unspecified atom stereocenters. The van der Waals surface area contributed by atoms with Gasteiger partial charge in [0, 0.05) is 12.5 Å². The zero-order chi connectivity index (χ0) is 8.69. The maximum absolute atomic E-state index is 10.9. The Morgan fingerprint density at radius 1 is 1.36 bits per heavy atom. The third kappa shape index (κ3) is 7.33. The van der Waals surface area contributed by atoms with Crippen molar-refractivity contribution in [1.29, 1.82) is 0 Å². The van der Waals surface area contributed by atoms with Crippen LogP contribution in [0.3, 0.4) is 0 Å². The molecule has 0 aromatic heterocycles. The van der Waals surface area contributed by atoms with E-state index in [-0.39, 0.29) is 18.6 Å². The van der Waals surface area contributed by atoms with Crippen LogP contribution in [-0.2, 0) is 9.90 Å². The van der Waals surface area contributed by atoms with Crippen molar-refractivity contribution in [1.82, 2.24) is 5.32 Å². The first kappa shape index (κ1) is 10.4. The topological polar surface area (TPSA) is 49.0 Å². The van der Waals surface area contributed by atoms with E-state index in [4.69, 9.17) is 0 Å². The fourth-order valence-corrected chi connectivity index (χ4v) is 0.782. The van der Waals surface area contributed by atoms with Crippen molar-refractivity contribution < 1.29 is 9.90 Å². The maximum atomic E-state index is 10.9. The normalized spacial score (nSPS) is 10.2. The summed E-state index contributed by atoms with van der Waals surface area (Å²) in [5, 5.41) is 12.8. The third-order valence-corrected chi connectivity index (χ3v) is 1.25. The van der Waals surface area contributed by atoms with Crippen LogP contribution in [0.25, 0.3) is 0 Å². The zero-order valence-corrected chi connectivity index (χ0v) is 7.22. The summed E-state index contributed by atoms with van der Waals surface area (Å²) in [5.74, 6) is 0.0495. The molecule has 0 fully saturated rings. The lowest BCUT2D eigenvalue weighted by Crippen LogP contribution is -2.29. The summed E-state index contributed by atoms with van der Waals surface area (Å²) >= 11 is 0. The second-order valence-corrected chi connectivity index (χ2v) is 2.88. The van der Waals surface area contributed by atoms with E-state index in [1.165, 1.54) is 0 Å². The molecule has 0 saturated carbocycles. The second kappa shape index (κ2) is 6.16. The molecule has 3 heteroatoms. The van der Waals surface area contributed by atoms with Gasteiger partial charge < -0.3 is 5.32 Å². The molecule has 0 heterocycles. The van der Waals surface area contributed by atoms with Crippen molar-refractivity contribution in [3.05, 3.63) is 0 Å². The standard InChI is InChI=1S/C8H16NO2/c1-7(2)9-8(11)5-3-4-6-10/h7H,3-6H2,1-2H3,(H,9,11). The highest BCUT2D eigenvalue weighted by molar-refractivity contribution is 5.76. The number of nitrogens with one attached hydrogen (secondary N) is 1. The van der Waals surface area contributed by atoms with E-state index in [1.807, 2.05) is 13.8 Å².